The number of amides is 2. The van der Waals surface area contributed by atoms with E-state index in [0.717, 1.165) is 18.4 Å². The average molecular weight is 348 g/mol. The van der Waals surface area contributed by atoms with Gasteiger partial charge in [0.05, 0.1) is 11.0 Å². The number of aliphatic imine (C=N–C) groups is 1. The van der Waals surface area contributed by atoms with Gasteiger partial charge in [-0.05, 0) is 31.4 Å². The molecule has 0 unspecified atom stereocenters. The van der Waals surface area contributed by atoms with Gasteiger partial charge in [-0.3, -0.25) is 24.7 Å². The topological polar surface area (TPSA) is 114 Å². The molecule has 0 bridgehead atoms. The number of hydrogen-bond donors (Lipinski definition) is 2. The van der Waals surface area contributed by atoms with E-state index >= 15 is 0 Å². The molecule has 1 aliphatic heterocycles. The molecule has 0 spiro atoms. The van der Waals surface area contributed by atoms with Gasteiger partial charge in [0.15, 0.2) is 5.17 Å². The van der Waals surface area contributed by atoms with Crippen LogP contribution in [0, 0.1) is 17.0 Å². The molecule has 1 saturated carbocycles. The Morgan fingerprint density at radius 2 is 2.25 bits per heavy atom. The van der Waals surface area contributed by atoms with E-state index in [9.17, 15) is 19.7 Å². The van der Waals surface area contributed by atoms with Crippen LogP contribution in [0.1, 0.15) is 24.8 Å². The minimum absolute atomic E-state index is 0.0643. The number of nitrogens with one attached hydrogen (secondary N) is 2. The smallest absolute Gasteiger partial charge is 0.293 e. The number of anilines is 1. The van der Waals surface area contributed by atoms with Gasteiger partial charge in [0.2, 0.25) is 11.8 Å². The van der Waals surface area contributed by atoms with Gasteiger partial charge in [-0.2, -0.15) is 0 Å². The average Bonchev–Trinajstić information content (AvgIpc) is 3.25. The van der Waals surface area contributed by atoms with Crippen LogP contribution in [0.2, 0.25) is 0 Å². The number of carbonyl (C=O) groups is 2. The first kappa shape index (κ1) is 16.4. The monoisotopic (exact) mass is 348 g/mol. The zero-order valence-electron chi connectivity index (χ0n) is 12.9. The standard InChI is InChI=1S/C15H16N4O4S/c1-8-2-5-10(11(6-8)19(22)23)17-13(20)7-12-14(21)18-15(24-12)16-9-3-4-9/h2,5-6,9,12H,3-4,7H2,1H3,(H,17,20)(H,16,18,21)/t12-/m0/s1. The highest BCUT2D eigenvalue weighted by molar-refractivity contribution is 8.15. The van der Waals surface area contributed by atoms with E-state index in [1.807, 2.05) is 0 Å². The molecule has 2 aliphatic rings. The first-order valence-corrected chi connectivity index (χ1v) is 8.40. The summed E-state index contributed by atoms with van der Waals surface area (Å²) < 4.78 is 0. The molecule has 1 aromatic rings. The molecule has 1 aromatic carbocycles. The van der Waals surface area contributed by atoms with Crippen molar-refractivity contribution in [2.45, 2.75) is 37.5 Å². The third-order valence-corrected chi connectivity index (χ3v) is 4.71. The van der Waals surface area contributed by atoms with Gasteiger partial charge in [-0.1, -0.05) is 17.8 Å². The second-order valence-electron chi connectivity index (χ2n) is 5.79. The summed E-state index contributed by atoms with van der Waals surface area (Å²) in [5.74, 6) is -0.699. The Hall–Kier alpha value is -2.42. The lowest BCUT2D eigenvalue weighted by Crippen LogP contribution is -2.28. The van der Waals surface area contributed by atoms with Crippen molar-refractivity contribution in [2.75, 3.05) is 5.32 Å². The van der Waals surface area contributed by atoms with E-state index in [1.54, 1.807) is 13.0 Å². The molecular formula is C15H16N4O4S. The van der Waals surface area contributed by atoms with Crippen molar-refractivity contribution < 1.29 is 14.5 Å². The first-order chi connectivity index (χ1) is 11.4. The van der Waals surface area contributed by atoms with Gasteiger partial charge in [-0.25, -0.2) is 0 Å². The minimum Gasteiger partial charge on any atom is -0.320 e. The van der Waals surface area contributed by atoms with Crippen molar-refractivity contribution in [3.8, 4) is 0 Å². The summed E-state index contributed by atoms with van der Waals surface area (Å²) in [7, 11) is 0. The molecule has 0 radical (unpaired) electrons. The third kappa shape index (κ3) is 3.91. The molecule has 9 heteroatoms. The highest BCUT2D eigenvalue weighted by Crippen LogP contribution is 2.30. The van der Waals surface area contributed by atoms with Crippen molar-refractivity contribution >= 4 is 40.1 Å². The number of thioether (sulfide) groups is 1. The maximum absolute atomic E-state index is 12.1. The van der Waals surface area contributed by atoms with Crippen LogP contribution in [0.25, 0.3) is 0 Å². The van der Waals surface area contributed by atoms with Gasteiger partial charge in [0.25, 0.3) is 5.69 Å². The van der Waals surface area contributed by atoms with Crippen molar-refractivity contribution in [3.05, 3.63) is 33.9 Å². The quantitative estimate of drug-likeness (QED) is 0.624. The molecule has 1 aliphatic carbocycles. The van der Waals surface area contributed by atoms with Gasteiger partial charge in [-0.15, -0.1) is 0 Å². The lowest BCUT2D eigenvalue weighted by atomic mass is 10.2. The lowest BCUT2D eigenvalue weighted by molar-refractivity contribution is -0.384. The Labute approximate surface area is 142 Å². The van der Waals surface area contributed by atoms with Crippen LogP contribution in [0.5, 0.6) is 0 Å². The SMILES string of the molecule is Cc1ccc(NC(=O)C[C@@H]2SC(=NC3CC3)NC2=O)c([N+](=O)[O-])c1. The molecule has 1 saturated heterocycles. The van der Waals surface area contributed by atoms with Crippen molar-refractivity contribution in [3.63, 3.8) is 0 Å². The molecule has 1 heterocycles. The maximum Gasteiger partial charge on any atom is 0.293 e. The number of hydrogen-bond acceptors (Lipinski definition) is 6. The fourth-order valence-corrected chi connectivity index (χ4v) is 3.28. The Morgan fingerprint density at radius 1 is 1.50 bits per heavy atom. The largest absolute Gasteiger partial charge is 0.320 e. The second-order valence-corrected chi connectivity index (χ2v) is 6.98. The van der Waals surface area contributed by atoms with Crippen LogP contribution in [0.15, 0.2) is 23.2 Å². The Balaban J connectivity index is 1.64. The van der Waals surface area contributed by atoms with Crippen LogP contribution in [0.3, 0.4) is 0 Å². The zero-order chi connectivity index (χ0) is 17.3. The predicted molar refractivity (Wildman–Crippen MR) is 91.1 cm³/mol. The van der Waals surface area contributed by atoms with Crippen LogP contribution >= 0.6 is 11.8 Å². The molecule has 126 valence electrons. The van der Waals surface area contributed by atoms with E-state index in [2.05, 4.69) is 15.6 Å². The first-order valence-electron chi connectivity index (χ1n) is 7.52. The van der Waals surface area contributed by atoms with Crippen LogP contribution in [0.4, 0.5) is 11.4 Å². The summed E-state index contributed by atoms with van der Waals surface area (Å²) in [6.07, 6.45) is 2.00. The zero-order valence-corrected chi connectivity index (χ0v) is 13.8. The molecule has 24 heavy (non-hydrogen) atoms. The lowest BCUT2D eigenvalue weighted by Gasteiger charge is -2.08. The van der Waals surface area contributed by atoms with Crippen LogP contribution in [-0.4, -0.2) is 33.2 Å². The fraction of sp³-hybridized carbons (Fsp3) is 0.400. The number of rotatable bonds is 5. The summed E-state index contributed by atoms with van der Waals surface area (Å²) in [5, 5.41) is 16.3. The van der Waals surface area contributed by atoms with Gasteiger partial charge in [0.1, 0.15) is 10.9 Å². The van der Waals surface area contributed by atoms with Crippen molar-refractivity contribution in [2.24, 2.45) is 4.99 Å². The Bertz CT molecular complexity index is 745. The summed E-state index contributed by atoms with van der Waals surface area (Å²) in [6, 6.07) is 4.86. The fourth-order valence-electron chi connectivity index (χ4n) is 2.24. The third-order valence-electron chi connectivity index (χ3n) is 3.62. The van der Waals surface area contributed by atoms with Crippen molar-refractivity contribution in [1.29, 1.82) is 0 Å². The second kappa shape index (κ2) is 6.60. The Kier molecular flexibility index (Phi) is 4.52. The van der Waals surface area contributed by atoms with E-state index in [1.165, 1.54) is 23.9 Å². The van der Waals surface area contributed by atoms with E-state index in [4.69, 9.17) is 0 Å². The van der Waals surface area contributed by atoms with Crippen LogP contribution < -0.4 is 10.6 Å². The highest BCUT2D eigenvalue weighted by Gasteiger charge is 2.34. The molecule has 2 N–H and O–H groups in total. The maximum atomic E-state index is 12.1. The number of nitrogens with zero attached hydrogens (tertiary/aromatic N) is 2. The number of carbonyl (C=O) groups excluding carboxylic acids is 2. The summed E-state index contributed by atoms with van der Waals surface area (Å²) >= 11 is 1.23. The van der Waals surface area contributed by atoms with E-state index in [-0.39, 0.29) is 29.7 Å². The number of benzene rings is 1. The number of amidine groups is 1. The molecule has 8 nitrogen and oxygen atoms in total. The highest BCUT2D eigenvalue weighted by atomic mass is 32.2. The van der Waals surface area contributed by atoms with E-state index < -0.39 is 16.1 Å². The summed E-state index contributed by atoms with van der Waals surface area (Å²) in [6.45, 7) is 1.73. The summed E-state index contributed by atoms with van der Waals surface area (Å²) in [4.78, 5) is 38.9. The van der Waals surface area contributed by atoms with E-state index in [0.29, 0.717) is 5.17 Å². The summed E-state index contributed by atoms with van der Waals surface area (Å²) in [5.41, 5.74) is 0.695. The minimum atomic E-state index is -0.563. The molecule has 0 aromatic heterocycles. The number of aryl methyl sites for hydroxylation is 1. The van der Waals surface area contributed by atoms with Gasteiger partial charge in [0, 0.05) is 12.5 Å². The predicted octanol–water partition coefficient (Wildman–Crippen LogP) is 1.98. The molecule has 1 atom stereocenters. The molecule has 3 rings (SSSR count). The normalized spacial score (nSPS) is 21.6. The number of nitro benzene ring substituents is 1. The number of nitro groups is 1. The van der Waals surface area contributed by atoms with Gasteiger partial charge < -0.3 is 10.6 Å². The van der Waals surface area contributed by atoms with Crippen molar-refractivity contribution in [1.82, 2.24) is 5.32 Å². The molecule has 2 fully saturated rings. The van der Waals surface area contributed by atoms with Crippen LogP contribution in [-0.2, 0) is 9.59 Å². The molecule has 2 amide bonds. The Morgan fingerprint density at radius 3 is 2.92 bits per heavy atom. The molecular weight excluding hydrogens is 332 g/mol. The van der Waals surface area contributed by atoms with Gasteiger partial charge >= 0.3 is 0 Å².